The Morgan fingerprint density at radius 1 is 1.30 bits per heavy atom. The first-order chi connectivity index (χ1) is 9.60. The zero-order chi connectivity index (χ0) is 14.5. The highest BCUT2D eigenvalue weighted by Crippen LogP contribution is 2.25. The maximum Gasteiger partial charge on any atom is 0.248 e. The van der Waals surface area contributed by atoms with Crippen LogP contribution in [0.15, 0.2) is 42.5 Å². The lowest BCUT2D eigenvalue weighted by Gasteiger charge is -2.09. The molecule has 2 rings (SSSR count). The van der Waals surface area contributed by atoms with Crippen molar-refractivity contribution in [3.05, 3.63) is 58.6 Å². The van der Waals surface area contributed by atoms with Crippen molar-refractivity contribution in [3.8, 4) is 5.75 Å². The van der Waals surface area contributed by atoms with Gasteiger partial charge >= 0.3 is 0 Å². The van der Waals surface area contributed by atoms with Crippen molar-refractivity contribution in [2.24, 2.45) is 5.73 Å². The van der Waals surface area contributed by atoms with Crippen molar-refractivity contribution >= 4 is 23.2 Å². The minimum atomic E-state index is -0.443. The average Bonchev–Trinajstić information content (AvgIpc) is 2.45. The largest absolute Gasteiger partial charge is 0.495 e. The lowest BCUT2D eigenvalue weighted by molar-refractivity contribution is 0.100. The summed E-state index contributed by atoms with van der Waals surface area (Å²) in [5.74, 6) is 0.201. The zero-order valence-corrected chi connectivity index (χ0v) is 11.8. The van der Waals surface area contributed by atoms with E-state index in [1.165, 1.54) is 0 Å². The molecule has 0 spiro atoms. The Hall–Kier alpha value is -2.20. The van der Waals surface area contributed by atoms with E-state index in [2.05, 4.69) is 5.32 Å². The van der Waals surface area contributed by atoms with Crippen LogP contribution in [0.5, 0.6) is 5.75 Å². The Kier molecular flexibility index (Phi) is 4.48. The third kappa shape index (κ3) is 3.42. The molecule has 0 bridgehead atoms. The number of carbonyl (C=O) groups excluding carboxylic acids is 1. The zero-order valence-electron chi connectivity index (χ0n) is 11.0. The molecule has 104 valence electrons. The van der Waals surface area contributed by atoms with Gasteiger partial charge in [0, 0.05) is 17.8 Å². The number of nitrogens with one attached hydrogen (secondary N) is 1. The number of hydrogen-bond acceptors (Lipinski definition) is 3. The third-order valence-electron chi connectivity index (χ3n) is 2.86. The molecule has 0 aliphatic rings. The Labute approximate surface area is 122 Å². The standard InChI is InChI=1S/C15H15ClN2O2/c1-20-14-6-5-10(7-13(14)16)9-18-12-4-2-3-11(8-12)15(17)19/h2-8,18H,9H2,1H3,(H2,17,19). The predicted molar refractivity (Wildman–Crippen MR) is 80.3 cm³/mol. The summed E-state index contributed by atoms with van der Waals surface area (Å²) in [5.41, 5.74) is 7.56. The van der Waals surface area contributed by atoms with Crippen LogP contribution >= 0.6 is 11.6 Å². The highest BCUT2D eigenvalue weighted by molar-refractivity contribution is 6.32. The Morgan fingerprint density at radius 2 is 2.10 bits per heavy atom. The van der Waals surface area contributed by atoms with Gasteiger partial charge in [-0.1, -0.05) is 23.7 Å². The first-order valence-electron chi connectivity index (χ1n) is 6.06. The molecule has 0 aliphatic carbocycles. The number of primary amides is 1. The summed E-state index contributed by atoms with van der Waals surface area (Å²) in [4.78, 5) is 11.1. The first kappa shape index (κ1) is 14.2. The molecular formula is C15H15ClN2O2. The molecule has 0 aliphatic heterocycles. The smallest absolute Gasteiger partial charge is 0.248 e. The van der Waals surface area contributed by atoms with E-state index in [4.69, 9.17) is 22.1 Å². The molecule has 0 saturated heterocycles. The molecule has 0 fully saturated rings. The van der Waals surface area contributed by atoms with Crippen molar-refractivity contribution in [2.75, 3.05) is 12.4 Å². The summed E-state index contributed by atoms with van der Waals surface area (Å²) in [5, 5.41) is 3.78. The van der Waals surface area contributed by atoms with Crippen molar-refractivity contribution in [2.45, 2.75) is 6.54 Å². The van der Waals surface area contributed by atoms with Gasteiger partial charge in [-0.2, -0.15) is 0 Å². The fourth-order valence-electron chi connectivity index (χ4n) is 1.81. The van der Waals surface area contributed by atoms with Crippen molar-refractivity contribution in [1.82, 2.24) is 0 Å². The summed E-state index contributed by atoms with van der Waals surface area (Å²) in [6, 6.07) is 12.6. The SMILES string of the molecule is COc1ccc(CNc2cccc(C(N)=O)c2)cc1Cl. The number of benzene rings is 2. The van der Waals surface area contributed by atoms with Crippen LogP contribution in [-0.2, 0) is 6.54 Å². The number of nitrogens with two attached hydrogens (primary N) is 1. The maximum absolute atomic E-state index is 11.1. The number of ether oxygens (including phenoxy) is 1. The van der Waals surface area contributed by atoms with Gasteiger partial charge in [0.15, 0.2) is 0 Å². The molecule has 2 aromatic carbocycles. The number of hydrogen-bond donors (Lipinski definition) is 2. The summed E-state index contributed by atoms with van der Waals surface area (Å²) in [7, 11) is 1.58. The number of anilines is 1. The van der Waals surface area contributed by atoms with E-state index in [1.807, 2.05) is 24.3 Å². The van der Waals surface area contributed by atoms with Gasteiger partial charge in [-0.25, -0.2) is 0 Å². The molecule has 0 radical (unpaired) electrons. The van der Waals surface area contributed by atoms with Crippen LogP contribution in [0.3, 0.4) is 0 Å². The molecule has 2 aromatic rings. The van der Waals surface area contributed by atoms with Gasteiger partial charge in [-0.15, -0.1) is 0 Å². The second-order valence-electron chi connectivity index (χ2n) is 4.27. The molecule has 0 unspecified atom stereocenters. The van der Waals surface area contributed by atoms with E-state index in [0.29, 0.717) is 22.9 Å². The van der Waals surface area contributed by atoms with E-state index in [0.717, 1.165) is 11.3 Å². The Balaban J connectivity index is 2.07. The topological polar surface area (TPSA) is 64.3 Å². The fourth-order valence-corrected chi connectivity index (χ4v) is 2.09. The second kappa shape index (κ2) is 6.30. The molecule has 4 nitrogen and oxygen atoms in total. The second-order valence-corrected chi connectivity index (χ2v) is 4.67. The number of rotatable bonds is 5. The van der Waals surface area contributed by atoms with Crippen molar-refractivity contribution in [1.29, 1.82) is 0 Å². The molecule has 0 atom stereocenters. The Bertz CT molecular complexity index is 629. The summed E-state index contributed by atoms with van der Waals surface area (Å²) >= 11 is 6.06. The fraction of sp³-hybridized carbons (Fsp3) is 0.133. The van der Waals surface area contributed by atoms with Gasteiger partial charge in [-0.3, -0.25) is 4.79 Å². The molecule has 3 N–H and O–H groups in total. The van der Waals surface area contributed by atoms with Gasteiger partial charge < -0.3 is 15.8 Å². The minimum Gasteiger partial charge on any atom is -0.495 e. The molecule has 0 saturated carbocycles. The predicted octanol–water partition coefficient (Wildman–Crippen LogP) is 3.06. The van der Waals surface area contributed by atoms with Gasteiger partial charge in [0.25, 0.3) is 0 Å². The van der Waals surface area contributed by atoms with Crippen LogP contribution in [0.25, 0.3) is 0 Å². The van der Waals surface area contributed by atoms with E-state index < -0.39 is 5.91 Å². The van der Waals surface area contributed by atoms with Crippen LogP contribution in [0.4, 0.5) is 5.69 Å². The average molecular weight is 291 g/mol. The summed E-state index contributed by atoms with van der Waals surface area (Å²) in [6.07, 6.45) is 0. The molecule has 0 aromatic heterocycles. The normalized spacial score (nSPS) is 10.1. The number of halogens is 1. The highest BCUT2D eigenvalue weighted by atomic mass is 35.5. The van der Waals surface area contributed by atoms with Gasteiger partial charge in [0.05, 0.1) is 12.1 Å². The van der Waals surface area contributed by atoms with Crippen LogP contribution in [0.1, 0.15) is 15.9 Å². The van der Waals surface area contributed by atoms with Crippen LogP contribution in [-0.4, -0.2) is 13.0 Å². The van der Waals surface area contributed by atoms with Crippen LogP contribution < -0.4 is 15.8 Å². The van der Waals surface area contributed by atoms with Gasteiger partial charge in [0.2, 0.25) is 5.91 Å². The monoisotopic (exact) mass is 290 g/mol. The molecule has 5 heteroatoms. The molecule has 1 amide bonds. The van der Waals surface area contributed by atoms with Gasteiger partial charge in [0.1, 0.15) is 5.75 Å². The lowest BCUT2D eigenvalue weighted by atomic mass is 10.1. The van der Waals surface area contributed by atoms with E-state index in [-0.39, 0.29) is 0 Å². The third-order valence-corrected chi connectivity index (χ3v) is 3.16. The van der Waals surface area contributed by atoms with Crippen molar-refractivity contribution < 1.29 is 9.53 Å². The quantitative estimate of drug-likeness (QED) is 0.889. The summed E-state index contributed by atoms with van der Waals surface area (Å²) < 4.78 is 5.10. The van der Waals surface area contributed by atoms with E-state index in [9.17, 15) is 4.79 Å². The van der Waals surface area contributed by atoms with E-state index in [1.54, 1.807) is 25.3 Å². The lowest BCUT2D eigenvalue weighted by Crippen LogP contribution is -2.11. The Morgan fingerprint density at radius 3 is 2.75 bits per heavy atom. The molecule has 0 heterocycles. The van der Waals surface area contributed by atoms with E-state index >= 15 is 0 Å². The number of carbonyl (C=O) groups is 1. The van der Waals surface area contributed by atoms with Crippen LogP contribution in [0.2, 0.25) is 5.02 Å². The summed E-state index contributed by atoms with van der Waals surface area (Å²) in [6.45, 7) is 0.589. The van der Waals surface area contributed by atoms with Gasteiger partial charge in [-0.05, 0) is 35.9 Å². The highest BCUT2D eigenvalue weighted by Gasteiger charge is 2.03. The van der Waals surface area contributed by atoms with Crippen LogP contribution in [0, 0.1) is 0 Å². The minimum absolute atomic E-state index is 0.443. The molecular weight excluding hydrogens is 276 g/mol. The molecule has 20 heavy (non-hydrogen) atoms. The number of methoxy groups -OCH3 is 1. The maximum atomic E-state index is 11.1. The first-order valence-corrected chi connectivity index (χ1v) is 6.44. The number of amides is 1. The van der Waals surface area contributed by atoms with Crippen molar-refractivity contribution in [3.63, 3.8) is 0 Å².